The van der Waals surface area contributed by atoms with Crippen molar-refractivity contribution in [2.75, 3.05) is 0 Å². The summed E-state index contributed by atoms with van der Waals surface area (Å²) in [6.45, 7) is 0. The molecular weight excluding hydrogens is 276 g/mol. The molecule has 0 unspecified atom stereocenters. The Kier molecular flexibility index (Phi) is 3.08. The van der Waals surface area contributed by atoms with Gasteiger partial charge in [-0.1, -0.05) is 54.1 Å². The Labute approximate surface area is 119 Å². The van der Waals surface area contributed by atoms with Crippen LogP contribution in [0.15, 0.2) is 54.6 Å². The quantitative estimate of drug-likeness (QED) is 0.396. The predicted octanol–water partition coefficient (Wildman–Crippen LogP) is 4.46. The van der Waals surface area contributed by atoms with Crippen molar-refractivity contribution in [1.82, 2.24) is 4.98 Å². The van der Waals surface area contributed by atoms with Gasteiger partial charge in [0.1, 0.15) is 0 Å². The average molecular weight is 285 g/mol. The zero-order valence-corrected chi connectivity index (χ0v) is 11.0. The molecule has 5 heteroatoms. The normalized spacial score (nSPS) is 10.7. The topological polar surface area (TPSA) is 56.0 Å². The van der Waals surface area contributed by atoms with E-state index < -0.39 is 4.92 Å². The Balaban J connectivity index is 2.18. The van der Waals surface area contributed by atoms with Crippen LogP contribution >= 0.6 is 11.6 Å². The van der Waals surface area contributed by atoms with E-state index in [1.807, 2.05) is 48.5 Å². The molecule has 0 aliphatic rings. The van der Waals surface area contributed by atoms with Gasteiger partial charge in [0, 0.05) is 11.5 Å². The van der Waals surface area contributed by atoms with Gasteiger partial charge in [-0.2, -0.15) is 0 Å². The highest BCUT2D eigenvalue weighted by Crippen LogP contribution is 2.29. The Bertz CT molecular complexity index is 804. The first kappa shape index (κ1) is 12.6. The van der Waals surface area contributed by atoms with Crippen molar-refractivity contribution in [3.05, 3.63) is 69.9 Å². The van der Waals surface area contributed by atoms with E-state index in [1.54, 1.807) is 0 Å². The fourth-order valence-electron chi connectivity index (χ4n) is 2.07. The fourth-order valence-corrected chi connectivity index (χ4v) is 2.29. The summed E-state index contributed by atoms with van der Waals surface area (Å²) >= 11 is 5.84. The first-order chi connectivity index (χ1) is 9.65. The zero-order valence-electron chi connectivity index (χ0n) is 10.3. The van der Waals surface area contributed by atoms with E-state index in [0.29, 0.717) is 10.9 Å². The van der Waals surface area contributed by atoms with Crippen LogP contribution in [0.4, 0.5) is 5.69 Å². The van der Waals surface area contributed by atoms with Crippen molar-refractivity contribution in [3.63, 3.8) is 0 Å². The van der Waals surface area contributed by atoms with Crippen LogP contribution in [0.25, 0.3) is 22.0 Å². The summed E-state index contributed by atoms with van der Waals surface area (Å²) in [5.74, 6) is 0. The number of nitrogens with zero attached hydrogens (tertiary/aromatic N) is 2. The molecule has 3 rings (SSSR count). The van der Waals surface area contributed by atoms with Crippen LogP contribution in [0.3, 0.4) is 0 Å². The molecule has 0 aliphatic carbocycles. The number of rotatable bonds is 2. The lowest BCUT2D eigenvalue weighted by atomic mass is 10.0. The van der Waals surface area contributed by atoms with Gasteiger partial charge in [0.25, 0.3) is 0 Å². The fraction of sp³-hybridized carbons (Fsp3) is 0. The highest BCUT2D eigenvalue weighted by Gasteiger charge is 2.15. The number of benzene rings is 2. The minimum absolute atomic E-state index is 0.0901. The Morgan fingerprint density at radius 3 is 2.45 bits per heavy atom. The second kappa shape index (κ2) is 4.90. The monoisotopic (exact) mass is 284 g/mol. The van der Waals surface area contributed by atoms with Gasteiger partial charge in [-0.3, -0.25) is 10.1 Å². The maximum absolute atomic E-state index is 10.8. The first-order valence-corrected chi connectivity index (χ1v) is 6.33. The third-order valence-electron chi connectivity index (χ3n) is 3.06. The summed E-state index contributed by atoms with van der Waals surface area (Å²) in [7, 11) is 0. The van der Waals surface area contributed by atoms with Crippen molar-refractivity contribution in [2.24, 2.45) is 0 Å². The Morgan fingerprint density at radius 2 is 1.75 bits per heavy atom. The minimum Gasteiger partial charge on any atom is -0.258 e. The molecule has 1 aromatic heterocycles. The van der Waals surface area contributed by atoms with Gasteiger partial charge in [0.2, 0.25) is 5.15 Å². The molecule has 0 saturated heterocycles. The number of halogens is 1. The van der Waals surface area contributed by atoms with Crippen LogP contribution in [0.1, 0.15) is 0 Å². The maximum atomic E-state index is 10.8. The smallest absolute Gasteiger partial charge is 0.258 e. The van der Waals surface area contributed by atoms with Gasteiger partial charge in [0.15, 0.2) is 0 Å². The van der Waals surface area contributed by atoms with Gasteiger partial charge in [-0.15, -0.1) is 0 Å². The molecule has 2 aromatic carbocycles. The standard InChI is InChI=1S/C15H9ClN2O2/c16-15-14(18(19)20)9-12-7-6-11(8-13(12)17-15)10-4-2-1-3-5-10/h1-9H. The van der Waals surface area contributed by atoms with E-state index in [4.69, 9.17) is 11.6 Å². The highest BCUT2D eigenvalue weighted by atomic mass is 35.5. The number of hydrogen-bond acceptors (Lipinski definition) is 3. The Morgan fingerprint density at radius 1 is 1.00 bits per heavy atom. The van der Waals surface area contributed by atoms with Gasteiger partial charge >= 0.3 is 5.69 Å². The SMILES string of the molecule is O=[N+]([O-])c1cc2ccc(-c3ccccc3)cc2nc1Cl. The summed E-state index contributed by atoms with van der Waals surface area (Å²) in [4.78, 5) is 14.4. The van der Waals surface area contributed by atoms with Gasteiger partial charge in [-0.25, -0.2) is 4.98 Å². The molecule has 3 aromatic rings. The molecule has 1 heterocycles. The molecule has 0 bridgehead atoms. The van der Waals surface area contributed by atoms with Crippen LogP contribution in [-0.2, 0) is 0 Å². The summed E-state index contributed by atoms with van der Waals surface area (Å²) in [6, 6.07) is 16.9. The summed E-state index contributed by atoms with van der Waals surface area (Å²) in [6.07, 6.45) is 0. The van der Waals surface area contributed by atoms with E-state index in [1.165, 1.54) is 6.07 Å². The lowest BCUT2D eigenvalue weighted by Gasteiger charge is -2.04. The van der Waals surface area contributed by atoms with Gasteiger partial charge in [-0.05, 0) is 17.2 Å². The van der Waals surface area contributed by atoms with Crippen molar-refractivity contribution in [1.29, 1.82) is 0 Å². The molecule has 0 atom stereocenters. The van der Waals surface area contributed by atoms with Gasteiger partial charge < -0.3 is 0 Å². The van der Waals surface area contributed by atoms with E-state index >= 15 is 0 Å². The molecule has 20 heavy (non-hydrogen) atoms. The number of hydrogen-bond donors (Lipinski definition) is 0. The van der Waals surface area contributed by atoms with E-state index in [2.05, 4.69) is 4.98 Å². The molecule has 98 valence electrons. The molecular formula is C15H9ClN2O2. The van der Waals surface area contributed by atoms with E-state index in [-0.39, 0.29) is 10.8 Å². The van der Waals surface area contributed by atoms with Crippen molar-refractivity contribution >= 4 is 28.2 Å². The lowest BCUT2D eigenvalue weighted by molar-refractivity contribution is -0.384. The van der Waals surface area contributed by atoms with Crippen LogP contribution in [-0.4, -0.2) is 9.91 Å². The maximum Gasteiger partial charge on any atom is 0.307 e. The van der Waals surface area contributed by atoms with Gasteiger partial charge in [0.05, 0.1) is 10.4 Å². The predicted molar refractivity (Wildman–Crippen MR) is 78.8 cm³/mol. The molecule has 0 aliphatic heterocycles. The largest absolute Gasteiger partial charge is 0.307 e. The molecule has 4 nitrogen and oxygen atoms in total. The summed E-state index contributed by atoms with van der Waals surface area (Å²) < 4.78 is 0. The van der Waals surface area contributed by atoms with E-state index in [9.17, 15) is 10.1 Å². The lowest BCUT2D eigenvalue weighted by Crippen LogP contribution is -1.92. The zero-order chi connectivity index (χ0) is 14.1. The van der Waals surface area contributed by atoms with Crippen molar-refractivity contribution in [3.8, 4) is 11.1 Å². The minimum atomic E-state index is -0.528. The number of aromatic nitrogens is 1. The highest BCUT2D eigenvalue weighted by molar-refractivity contribution is 6.31. The number of pyridine rings is 1. The van der Waals surface area contributed by atoms with Crippen LogP contribution in [0.2, 0.25) is 5.15 Å². The third-order valence-corrected chi connectivity index (χ3v) is 3.33. The molecule has 0 radical (unpaired) electrons. The molecule has 0 spiro atoms. The second-order valence-corrected chi connectivity index (χ2v) is 4.69. The average Bonchev–Trinajstić information content (AvgIpc) is 2.46. The van der Waals surface area contributed by atoms with E-state index in [0.717, 1.165) is 11.1 Å². The van der Waals surface area contributed by atoms with Crippen molar-refractivity contribution < 1.29 is 4.92 Å². The second-order valence-electron chi connectivity index (χ2n) is 4.33. The summed E-state index contributed by atoms with van der Waals surface area (Å²) in [5, 5.41) is 11.4. The first-order valence-electron chi connectivity index (χ1n) is 5.95. The molecule has 0 fully saturated rings. The Hall–Kier alpha value is -2.46. The number of nitro groups is 1. The summed E-state index contributed by atoms with van der Waals surface area (Å²) in [5.41, 5.74) is 2.52. The molecule has 0 N–H and O–H groups in total. The number of fused-ring (bicyclic) bond motifs is 1. The van der Waals surface area contributed by atoms with Crippen LogP contribution < -0.4 is 0 Å². The third kappa shape index (κ3) is 2.21. The van der Waals surface area contributed by atoms with Crippen LogP contribution in [0.5, 0.6) is 0 Å². The van der Waals surface area contributed by atoms with Crippen LogP contribution in [0, 0.1) is 10.1 Å². The molecule has 0 saturated carbocycles. The molecule has 0 amide bonds. The van der Waals surface area contributed by atoms with Crippen molar-refractivity contribution in [2.45, 2.75) is 0 Å².